The predicted octanol–water partition coefficient (Wildman–Crippen LogP) is 0.793. The molecular formula is C14H29N3O3S. The highest BCUT2D eigenvalue weighted by molar-refractivity contribution is 7.90. The topological polar surface area (TPSA) is 79.8 Å². The number of sulfone groups is 1. The van der Waals surface area contributed by atoms with Crippen molar-refractivity contribution < 1.29 is 13.2 Å². The van der Waals surface area contributed by atoms with Crippen LogP contribution in [-0.2, 0) is 14.6 Å². The maximum Gasteiger partial charge on any atom is 0.191 e. The molecule has 0 bridgehead atoms. The fourth-order valence-electron chi connectivity index (χ4n) is 2.81. The summed E-state index contributed by atoms with van der Waals surface area (Å²) in [5.74, 6) is 0.782. The summed E-state index contributed by atoms with van der Waals surface area (Å²) in [6.45, 7) is 2.01. The Labute approximate surface area is 128 Å². The van der Waals surface area contributed by atoms with E-state index < -0.39 is 9.84 Å². The first-order chi connectivity index (χ1) is 9.91. The van der Waals surface area contributed by atoms with Crippen LogP contribution < -0.4 is 10.6 Å². The molecule has 0 spiro atoms. The molecule has 2 N–H and O–H groups in total. The summed E-state index contributed by atoms with van der Waals surface area (Å²) in [5, 5.41) is 6.39. The summed E-state index contributed by atoms with van der Waals surface area (Å²) in [4.78, 5) is 4.15. The third-order valence-electron chi connectivity index (χ3n) is 4.12. The van der Waals surface area contributed by atoms with Crippen LogP contribution in [0, 0.1) is 5.41 Å². The molecule has 0 aromatic carbocycles. The maximum atomic E-state index is 11.1. The quantitative estimate of drug-likeness (QED) is 0.511. The molecule has 1 aliphatic carbocycles. The van der Waals surface area contributed by atoms with Crippen LogP contribution in [0.15, 0.2) is 4.99 Å². The van der Waals surface area contributed by atoms with Gasteiger partial charge in [0.15, 0.2) is 5.96 Å². The van der Waals surface area contributed by atoms with Gasteiger partial charge < -0.3 is 15.4 Å². The van der Waals surface area contributed by atoms with Gasteiger partial charge in [-0.1, -0.05) is 12.8 Å². The molecule has 1 rings (SSSR count). The molecule has 0 aromatic rings. The normalized spacial score (nSPS) is 18.7. The van der Waals surface area contributed by atoms with Crippen molar-refractivity contribution >= 4 is 15.8 Å². The van der Waals surface area contributed by atoms with E-state index >= 15 is 0 Å². The van der Waals surface area contributed by atoms with Crippen molar-refractivity contribution in [1.29, 1.82) is 0 Å². The van der Waals surface area contributed by atoms with Gasteiger partial charge in [0.1, 0.15) is 9.84 Å². The van der Waals surface area contributed by atoms with Gasteiger partial charge in [0.2, 0.25) is 0 Å². The summed E-state index contributed by atoms with van der Waals surface area (Å²) in [6.07, 6.45) is 7.25. The second-order valence-electron chi connectivity index (χ2n) is 5.93. The number of guanidine groups is 1. The van der Waals surface area contributed by atoms with Gasteiger partial charge in [0, 0.05) is 40.1 Å². The van der Waals surface area contributed by atoms with Crippen molar-refractivity contribution in [1.82, 2.24) is 10.6 Å². The molecule has 1 fully saturated rings. The van der Waals surface area contributed by atoms with E-state index in [0.29, 0.717) is 12.5 Å². The first kappa shape index (κ1) is 18.2. The van der Waals surface area contributed by atoms with Gasteiger partial charge in [-0.15, -0.1) is 0 Å². The molecule has 6 nitrogen and oxygen atoms in total. The van der Waals surface area contributed by atoms with E-state index in [0.717, 1.165) is 19.6 Å². The van der Waals surface area contributed by atoms with Crippen LogP contribution in [0.3, 0.4) is 0 Å². The number of aliphatic imine (C=N–C) groups is 1. The highest BCUT2D eigenvalue weighted by atomic mass is 32.2. The lowest BCUT2D eigenvalue weighted by Crippen LogP contribution is -2.44. The third kappa shape index (κ3) is 7.13. The molecular weight excluding hydrogens is 290 g/mol. The van der Waals surface area contributed by atoms with Crippen LogP contribution in [0.25, 0.3) is 0 Å². The Kier molecular flexibility index (Phi) is 7.45. The van der Waals surface area contributed by atoms with Gasteiger partial charge in [0.25, 0.3) is 0 Å². The molecule has 1 aliphatic rings. The molecule has 1 saturated carbocycles. The average molecular weight is 319 g/mol. The number of ether oxygens (including phenoxy) is 1. The average Bonchev–Trinajstić information content (AvgIpc) is 2.88. The number of methoxy groups -OCH3 is 1. The lowest BCUT2D eigenvalue weighted by atomic mass is 9.83. The van der Waals surface area contributed by atoms with Crippen LogP contribution in [0.2, 0.25) is 0 Å². The van der Waals surface area contributed by atoms with Gasteiger partial charge in [0.05, 0.1) is 5.75 Å². The first-order valence-electron chi connectivity index (χ1n) is 7.52. The monoisotopic (exact) mass is 319 g/mol. The molecule has 0 aromatic heterocycles. The standard InChI is InChI=1S/C14H29N3O3S/c1-15-13(16-9-11-21(3,18)19)17-12-14(8-10-20-2)6-4-5-7-14/h4-12H2,1-3H3,(H2,15,16,17). The predicted molar refractivity (Wildman–Crippen MR) is 86.5 cm³/mol. The fourth-order valence-corrected chi connectivity index (χ4v) is 3.28. The first-order valence-corrected chi connectivity index (χ1v) is 9.58. The van der Waals surface area contributed by atoms with Crippen LogP contribution in [0.4, 0.5) is 0 Å². The Morgan fingerprint density at radius 2 is 1.95 bits per heavy atom. The minimum Gasteiger partial charge on any atom is -0.385 e. The SMILES string of the molecule is CN=C(NCCS(C)(=O)=O)NCC1(CCOC)CCCC1. The van der Waals surface area contributed by atoms with Crippen molar-refractivity contribution in [2.45, 2.75) is 32.1 Å². The van der Waals surface area contributed by atoms with Crippen LogP contribution in [0.5, 0.6) is 0 Å². The van der Waals surface area contributed by atoms with Crippen molar-refractivity contribution in [3.8, 4) is 0 Å². The Hall–Kier alpha value is -0.820. The lowest BCUT2D eigenvalue weighted by molar-refractivity contribution is 0.138. The number of nitrogens with zero attached hydrogens (tertiary/aromatic N) is 1. The molecule has 0 atom stereocenters. The number of rotatable bonds is 8. The van der Waals surface area contributed by atoms with Crippen LogP contribution in [-0.4, -0.2) is 60.2 Å². The zero-order valence-corrected chi connectivity index (χ0v) is 14.3. The molecule has 21 heavy (non-hydrogen) atoms. The van der Waals surface area contributed by atoms with E-state index in [1.54, 1.807) is 14.2 Å². The summed E-state index contributed by atoms with van der Waals surface area (Å²) < 4.78 is 27.5. The minimum absolute atomic E-state index is 0.114. The number of hydrogen-bond acceptors (Lipinski definition) is 4. The Bertz CT molecular complexity index is 429. The molecule has 0 aliphatic heterocycles. The van der Waals surface area contributed by atoms with E-state index in [-0.39, 0.29) is 11.2 Å². The van der Waals surface area contributed by atoms with Gasteiger partial charge in [-0.2, -0.15) is 0 Å². The van der Waals surface area contributed by atoms with Crippen LogP contribution >= 0.6 is 0 Å². The van der Waals surface area contributed by atoms with E-state index in [1.807, 2.05) is 0 Å². The van der Waals surface area contributed by atoms with E-state index in [1.165, 1.54) is 31.9 Å². The fraction of sp³-hybridized carbons (Fsp3) is 0.929. The van der Waals surface area contributed by atoms with Crippen molar-refractivity contribution in [3.05, 3.63) is 0 Å². The summed E-state index contributed by atoms with van der Waals surface area (Å²) >= 11 is 0. The zero-order chi connectivity index (χ0) is 15.8. The second-order valence-corrected chi connectivity index (χ2v) is 8.19. The van der Waals surface area contributed by atoms with E-state index in [9.17, 15) is 8.42 Å². The maximum absolute atomic E-state index is 11.1. The molecule has 0 radical (unpaired) electrons. The lowest BCUT2D eigenvalue weighted by Gasteiger charge is -2.29. The van der Waals surface area contributed by atoms with E-state index in [2.05, 4.69) is 15.6 Å². The highest BCUT2D eigenvalue weighted by Gasteiger charge is 2.33. The zero-order valence-electron chi connectivity index (χ0n) is 13.4. The molecule has 0 saturated heterocycles. The number of nitrogens with one attached hydrogen (secondary N) is 2. The second kappa shape index (κ2) is 8.58. The molecule has 7 heteroatoms. The Morgan fingerprint density at radius 3 is 2.48 bits per heavy atom. The van der Waals surface area contributed by atoms with Crippen molar-refractivity contribution in [3.63, 3.8) is 0 Å². The van der Waals surface area contributed by atoms with Crippen molar-refractivity contribution in [2.75, 3.05) is 45.9 Å². The molecule has 0 heterocycles. The summed E-state index contributed by atoms with van der Waals surface area (Å²) in [6, 6.07) is 0. The molecule has 0 unspecified atom stereocenters. The highest BCUT2D eigenvalue weighted by Crippen LogP contribution is 2.40. The Balaban J connectivity index is 2.42. The molecule has 0 amide bonds. The van der Waals surface area contributed by atoms with Gasteiger partial charge in [-0.25, -0.2) is 8.42 Å². The smallest absolute Gasteiger partial charge is 0.191 e. The van der Waals surface area contributed by atoms with E-state index in [4.69, 9.17) is 4.74 Å². The van der Waals surface area contributed by atoms with Crippen molar-refractivity contribution in [2.24, 2.45) is 10.4 Å². The van der Waals surface area contributed by atoms with Gasteiger partial charge in [-0.3, -0.25) is 4.99 Å². The Morgan fingerprint density at radius 1 is 1.29 bits per heavy atom. The molecule has 124 valence electrons. The summed E-state index contributed by atoms with van der Waals surface area (Å²) in [5.41, 5.74) is 0.282. The summed E-state index contributed by atoms with van der Waals surface area (Å²) in [7, 11) is 0.494. The van der Waals surface area contributed by atoms with Crippen LogP contribution in [0.1, 0.15) is 32.1 Å². The van der Waals surface area contributed by atoms with Gasteiger partial charge in [-0.05, 0) is 24.7 Å². The van der Waals surface area contributed by atoms with Gasteiger partial charge >= 0.3 is 0 Å². The minimum atomic E-state index is -2.94. The largest absolute Gasteiger partial charge is 0.385 e. The third-order valence-corrected chi connectivity index (χ3v) is 5.07. The number of hydrogen-bond donors (Lipinski definition) is 2.